The topological polar surface area (TPSA) is 84.5 Å². The Balaban J connectivity index is 1.84. The summed E-state index contributed by atoms with van der Waals surface area (Å²) in [5, 5.41) is 4.67. The highest BCUT2D eigenvalue weighted by atomic mass is 32.2. The minimum atomic E-state index is -3.83. The number of benzene rings is 2. The van der Waals surface area contributed by atoms with E-state index in [0.717, 1.165) is 12.0 Å². The van der Waals surface area contributed by atoms with Gasteiger partial charge < -0.3 is 10.1 Å². The molecule has 0 aliphatic rings. The molecule has 0 aliphatic heterocycles. The average molecular weight is 431 g/mol. The highest BCUT2D eigenvalue weighted by Gasteiger charge is 2.19. The van der Waals surface area contributed by atoms with Gasteiger partial charge in [-0.3, -0.25) is 9.52 Å². The second-order valence-corrected chi connectivity index (χ2v) is 8.96. The van der Waals surface area contributed by atoms with E-state index < -0.39 is 10.0 Å². The van der Waals surface area contributed by atoms with Gasteiger partial charge >= 0.3 is 0 Å². The monoisotopic (exact) mass is 430 g/mol. The Morgan fingerprint density at radius 2 is 1.76 bits per heavy atom. The first-order chi connectivity index (χ1) is 13.8. The number of anilines is 2. The molecule has 8 heteroatoms. The molecule has 1 aromatic heterocycles. The molecule has 0 radical (unpaired) electrons. The molecule has 0 saturated carbocycles. The van der Waals surface area contributed by atoms with Gasteiger partial charge in [-0.05, 0) is 72.3 Å². The van der Waals surface area contributed by atoms with Crippen molar-refractivity contribution < 1.29 is 17.9 Å². The van der Waals surface area contributed by atoms with E-state index in [1.165, 1.54) is 17.4 Å². The lowest BCUT2D eigenvalue weighted by Gasteiger charge is -2.13. The Morgan fingerprint density at radius 1 is 1.07 bits per heavy atom. The van der Waals surface area contributed by atoms with Crippen LogP contribution in [0.3, 0.4) is 0 Å². The molecule has 2 aromatic carbocycles. The molecule has 1 heterocycles. The fourth-order valence-corrected chi connectivity index (χ4v) is 5.06. The summed E-state index contributed by atoms with van der Waals surface area (Å²) in [6, 6.07) is 13.4. The van der Waals surface area contributed by atoms with Crippen LogP contribution < -0.4 is 14.8 Å². The first-order valence-electron chi connectivity index (χ1n) is 8.99. The molecule has 0 unspecified atom stereocenters. The largest absolute Gasteiger partial charge is 0.497 e. The molecule has 0 spiro atoms. The molecule has 29 heavy (non-hydrogen) atoms. The van der Waals surface area contributed by atoms with Crippen molar-refractivity contribution >= 4 is 38.6 Å². The SMILES string of the molecule is CCc1ccsc1C(=O)Nc1ccc(C)c(S(=O)(=O)Nc2ccc(OC)cc2)c1. The molecule has 0 saturated heterocycles. The van der Waals surface area contributed by atoms with E-state index in [-0.39, 0.29) is 10.8 Å². The van der Waals surface area contributed by atoms with Gasteiger partial charge in [0.25, 0.3) is 15.9 Å². The highest BCUT2D eigenvalue weighted by molar-refractivity contribution is 7.92. The van der Waals surface area contributed by atoms with Crippen molar-refractivity contribution in [3.8, 4) is 5.75 Å². The summed E-state index contributed by atoms with van der Waals surface area (Å²) in [7, 11) is -2.28. The summed E-state index contributed by atoms with van der Waals surface area (Å²) >= 11 is 1.37. The van der Waals surface area contributed by atoms with Crippen LogP contribution in [0.5, 0.6) is 5.75 Å². The first-order valence-corrected chi connectivity index (χ1v) is 11.4. The molecule has 0 fully saturated rings. The molecule has 2 N–H and O–H groups in total. The summed E-state index contributed by atoms with van der Waals surface area (Å²) in [6.07, 6.45) is 0.756. The summed E-state index contributed by atoms with van der Waals surface area (Å²) < 4.78 is 33.4. The van der Waals surface area contributed by atoms with Crippen LogP contribution in [0.1, 0.15) is 27.7 Å². The Bertz CT molecular complexity index is 1120. The van der Waals surface area contributed by atoms with Crippen molar-refractivity contribution in [3.05, 3.63) is 69.9 Å². The van der Waals surface area contributed by atoms with Gasteiger partial charge in [0.2, 0.25) is 0 Å². The quantitative estimate of drug-likeness (QED) is 0.570. The van der Waals surface area contributed by atoms with Crippen LogP contribution in [0.15, 0.2) is 58.8 Å². The van der Waals surface area contributed by atoms with Crippen LogP contribution in [0.25, 0.3) is 0 Å². The Morgan fingerprint density at radius 3 is 2.41 bits per heavy atom. The van der Waals surface area contributed by atoms with Gasteiger partial charge in [0.05, 0.1) is 16.9 Å². The zero-order valence-electron chi connectivity index (χ0n) is 16.4. The fraction of sp³-hybridized carbons (Fsp3) is 0.190. The van der Waals surface area contributed by atoms with Crippen molar-refractivity contribution in [2.45, 2.75) is 25.2 Å². The number of hydrogen-bond donors (Lipinski definition) is 2. The van der Waals surface area contributed by atoms with Crippen molar-refractivity contribution in [1.82, 2.24) is 0 Å². The van der Waals surface area contributed by atoms with Crippen LogP contribution in [-0.4, -0.2) is 21.4 Å². The van der Waals surface area contributed by atoms with E-state index in [1.807, 2.05) is 18.4 Å². The number of carbonyl (C=O) groups is 1. The summed E-state index contributed by atoms with van der Waals surface area (Å²) in [5.74, 6) is 0.390. The van der Waals surface area contributed by atoms with E-state index in [0.29, 0.717) is 27.6 Å². The van der Waals surface area contributed by atoms with Crippen molar-refractivity contribution in [2.75, 3.05) is 17.1 Å². The van der Waals surface area contributed by atoms with Crippen LogP contribution in [0, 0.1) is 6.92 Å². The number of thiophene rings is 1. The average Bonchev–Trinajstić information content (AvgIpc) is 3.18. The third-order valence-corrected chi connectivity index (χ3v) is 6.89. The predicted molar refractivity (Wildman–Crippen MR) is 117 cm³/mol. The molecular formula is C21H22N2O4S2. The van der Waals surface area contributed by atoms with Gasteiger partial charge in [0.15, 0.2) is 0 Å². The molecule has 0 bridgehead atoms. The van der Waals surface area contributed by atoms with Gasteiger partial charge in [0, 0.05) is 11.4 Å². The first kappa shape index (κ1) is 20.9. The van der Waals surface area contributed by atoms with Crippen LogP contribution in [-0.2, 0) is 16.4 Å². The molecule has 0 aliphatic carbocycles. The molecule has 152 valence electrons. The zero-order chi connectivity index (χ0) is 21.0. The van der Waals surface area contributed by atoms with Gasteiger partial charge in [-0.15, -0.1) is 11.3 Å². The van der Waals surface area contributed by atoms with E-state index in [2.05, 4.69) is 10.0 Å². The zero-order valence-corrected chi connectivity index (χ0v) is 18.0. The van der Waals surface area contributed by atoms with E-state index in [4.69, 9.17) is 4.74 Å². The Labute approximate surface area is 174 Å². The van der Waals surface area contributed by atoms with E-state index >= 15 is 0 Å². The number of methoxy groups -OCH3 is 1. The maximum atomic E-state index is 12.9. The number of nitrogens with one attached hydrogen (secondary N) is 2. The summed E-state index contributed by atoms with van der Waals surface area (Å²) in [6.45, 7) is 3.70. The summed E-state index contributed by atoms with van der Waals surface area (Å²) in [5.41, 5.74) is 2.39. The van der Waals surface area contributed by atoms with Gasteiger partial charge in [-0.25, -0.2) is 8.42 Å². The molecule has 3 aromatic rings. The second kappa shape index (κ2) is 8.67. The molecule has 3 rings (SSSR count). The third kappa shape index (κ3) is 4.78. The Kier molecular flexibility index (Phi) is 6.24. The standard InChI is InChI=1S/C21H22N2O4S2/c1-4-15-11-12-28-20(15)21(24)22-17-6-5-14(2)19(13-17)29(25,26)23-16-7-9-18(27-3)10-8-16/h5-13,23H,4H2,1-3H3,(H,22,24). The van der Waals surface area contributed by atoms with Crippen LogP contribution in [0.2, 0.25) is 0 Å². The molecule has 1 amide bonds. The number of hydrogen-bond acceptors (Lipinski definition) is 5. The minimum Gasteiger partial charge on any atom is -0.497 e. The lowest BCUT2D eigenvalue weighted by atomic mass is 10.2. The second-order valence-electron chi connectivity index (χ2n) is 6.40. The van der Waals surface area contributed by atoms with Gasteiger partial charge in [-0.1, -0.05) is 13.0 Å². The molecule has 6 nitrogen and oxygen atoms in total. The third-order valence-electron chi connectivity index (χ3n) is 4.41. The van der Waals surface area contributed by atoms with Crippen LogP contribution in [0.4, 0.5) is 11.4 Å². The van der Waals surface area contributed by atoms with Crippen molar-refractivity contribution in [3.63, 3.8) is 0 Å². The van der Waals surface area contributed by atoms with E-state index in [9.17, 15) is 13.2 Å². The number of carbonyl (C=O) groups excluding carboxylic acids is 1. The lowest BCUT2D eigenvalue weighted by Crippen LogP contribution is -2.16. The number of ether oxygens (including phenoxy) is 1. The number of rotatable bonds is 7. The van der Waals surface area contributed by atoms with Gasteiger partial charge in [-0.2, -0.15) is 0 Å². The number of sulfonamides is 1. The smallest absolute Gasteiger partial charge is 0.266 e. The minimum absolute atomic E-state index is 0.105. The van der Waals surface area contributed by atoms with E-state index in [1.54, 1.807) is 50.4 Å². The van der Waals surface area contributed by atoms with Crippen molar-refractivity contribution in [1.29, 1.82) is 0 Å². The number of aryl methyl sites for hydroxylation is 2. The number of amides is 1. The van der Waals surface area contributed by atoms with Gasteiger partial charge in [0.1, 0.15) is 5.75 Å². The summed E-state index contributed by atoms with van der Waals surface area (Å²) in [4.78, 5) is 13.3. The lowest BCUT2D eigenvalue weighted by molar-refractivity contribution is 0.102. The molecular weight excluding hydrogens is 408 g/mol. The van der Waals surface area contributed by atoms with Crippen LogP contribution >= 0.6 is 11.3 Å². The predicted octanol–water partition coefficient (Wildman–Crippen LogP) is 4.68. The normalized spacial score (nSPS) is 11.1. The Hall–Kier alpha value is -2.84. The maximum absolute atomic E-state index is 12.9. The fourth-order valence-electron chi connectivity index (χ4n) is 2.84. The molecule has 0 atom stereocenters. The highest BCUT2D eigenvalue weighted by Crippen LogP contribution is 2.25. The van der Waals surface area contributed by atoms with Crippen molar-refractivity contribution in [2.24, 2.45) is 0 Å². The maximum Gasteiger partial charge on any atom is 0.266 e.